The quantitative estimate of drug-likeness (QED) is 0.777. The summed E-state index contributed by atoms with van der Waals surface area (Å²) >= 11 is 0. The molecule has 7 heteroatoms. The Bertz CT molecular complexity index is 1010. The molecule has 3 aromatic rings. The number of aromatic carboxylic acids is 1. The lowest BCUT2D eigenvalue weighted by molar-refractivity contribution is 0.0696. The normalized spacial score (nSPS) is 14.5. The van der Waals surface area contributed by atoms with Gasteiger partial charge in [0.25, 0.3) is 0 Å². The highest BCUT2D eigenvalue weighted by atomic mass is 16.5. The van der Waals surface area contributed by atoms with Gasteiger partial charge in [0.15, 0.2) is 5.65 Å². The number of carboxylic acid groups (broad SMARTS) is 1. The zero-order valence-corrected chi connectivity index (χ0v) is 14.9. The number of ether oxygens (including phenoxy) is 1. The highest BCUT2D eigenvalue weighted by Crippen LogP contribution is 2.35. The van der Waals surface area contributed by atoms with Crippen molar-refractivity contribution in [1.82, 2.24) is 14.8 Å². The molecule has 1 aliphatic heterocycles. The molecule has 134 valence electrons. The Morgan fingerprint density at radius 3 is 2.77 bits per heavy atom. The largest absolute Gasteiger partial charge is 0.487 e. The van der Waals surface area contributed by atoms with Crippen molar-refractivity contribution in [1.29, 1.82) is 0 Å². The fourth-order valence-electron chi connectivity index (χ4n) is 3.45. The van der Waals surface area contributed by atoms with Gasteiger partial charge in [0.1, 0.15) is 17.4 Å². The number of carbonyl (C=O) groups is 1. The molecule has 1 aliphatic rings. The molecule has 26 heavy (non-hydrogen) atoms. The minimum absolute atomic E-state index is 0.0265. The Balaban J connectivity index is 1.63. The third kappa shape index (κ3) is 2.65. The van der Waals surface area contributed by atoms with Gasteiger partial charge in [-0.15, -0.1) is 0 Å². The van der Waals surface area contributed by atoms with Crippen LogP contribution in [0.1, 0.15) is 21.6 Å². The van der Waals surface area contributed by atoms with E-state index in [0.29, 0.717) is 24.4 Å². The molecule has 0 radical (unpaired) electrons. The molecule has 0 spiro atoms. The van der Waals surface area contributed by atoms with Gasteiger partial charge in [-0.3, -0.25) is 4.68 Å². The minimum Gasteiger partial charge on any atom is -0.487 e. The van der Waals surface area contributed by atoms with Gasteiger partial charge in [-0.25, -0.2) is 9.78 Å². The van der Waals surface area contributed by atoms with Crippen LogP contribution in [-0.4, -0.2) is 45.0 Å². The average Bonchev–Trinajstić information content (AvgIpc) is 2.84. The van der Waals surface area contributed by atoms with E-state index in [0.717, 1.165) is 22.4 Å². The first kappa shape index (κ1) is 16.4. The number of benzene rings is 1. The maximum absolute atomic E-state index is 11.7. The summed E-state index contributed by atoms with van der Waals surface area (Å²) in [6, 6.07) is 7.93. The molecule has 7 nitrogen and oxygen atoms in total. The fourth-order valence-corrected chi connectivity index (χ4v) is 3.45. The summed E-state index contributed by atoms with van der Waals surface area (Å²) in [6.45, 7) is 5.15. The van der Waals surface area contributed by atoms with Crippen LogP contribution >= 0.6 is 0 Å². The molecule has 0 amide bonds. The molecule has 1 fully saturated rings. The number of nitrogens with zero attached hydrogens (tertiary/aromatic N) is 4. The van der Waals surface area contributed by atoms with Gasteiger partial charge in [-0.05, 0) is 31.5 Å². The summed E-state index contributed by atoms with van der Waals surface area (Å²) in [6.07, 6.45) is 1.44. The number of anilines is 1. The first-order valence-corrected chi connectivity index (χ1v) is 8.48. The van der Waals surface area contributed by atoms with E-state index < -0.39 is 5.97 Å². The summed E-state index contributed by atoms with van der Waals surface area (Å²) in [5.74, 6) is -0.147. The van der Waals surface area contributed by atoms with E-state index in [9.17, 15) is 9.90 Å². The van der Waals surface area contributed by atoms with Crippen LogP contribution in [0.5, 0.6) is 5.75 Å². The second-order valence-electron chi connectivity index (χ2n) is 6.69. The number of hydrogen-bond donors (Lipinski definition) is 1. The van der Waals surface area contributed by atoms with Gasteiger partial charge < -0.3 is 14.7 Å². The number of fused-ring (bicyclic) bond motifs is 1. The summed E-state index contributed by atoms with van der Waals surface area (Å²) in [4.78, 5) is 18.0. The Kier molecular flexibility index (Phi) is 3.79. The van der Waals surface area contributed by atoms with Crippen molar-refractivity contribution < 1.29 is 14.6 Å². The highest BCUT2D eigenvalue weighted by molar-refractivity contribution is 6.05. The summed E-state index contributed by atoms with van der Waals surface area (Å²) in [5, 5.41) is 14.8. The average molecular weight is 352 g/mol. The monoisotopic (exact) mass is 352 g/mol. The first-order valence-electron chi connectivity index (χ1n) is 8.48. The lowest BCUT2D eigenvalue weighted by Gasteiger charge is -2.41. The molecule has 0 unspecified atom stereocenters. The molecule has 4 rings (SSSR count). The van der Waals surface area contributed by atoms with Gasteiger partial charge in [-0.2, -0.15) is 5.10 Å². The highest BCUT2D eigenvalue weighted by Gasteiger charge is 2.34. The SMILES string of the molecule is Cc1cccc(OC2CN(c3c(C(=O)O)cnc4c3c(C)nn4C)C2)c1. The van der Waals surface area contributed by atoms with Gasteiger partial charge in [-0.1, -0.05) is 12.1 Å². The number of rotatable bonds is 4. The van der Waals surface area contributed by atoms with Crippen LogP contribution < -0.4 is 9.64 Å². The number of hydrogen-bond acceptors (Lipinski definition) is 5. The smallest absolute Gasteiger partial charge is 0.339 e. The van der Waals surface area contributed by atoms with Crippen LogP contribution in [-0.2, 0) is 7.05 Å². The van der Waals surface area contributed by atoms with E-state index in [-0.39, 0.29) is 11.7 Å². The Morgan fingerprint density at radius 1 is 1.31 bits per heavy atom. The van der Waals surface area contributed by atoms with E-state index in [1.165, 1.54) is 6.20 Å². The molecule has 2 aromatic heterocycles. The van der Waals surface area contributed by atoms with Crippen LogP contribution in [0.4, 0.5) is 5.69 Å². The Morgan fingerprint density at radius 2 is 2.08 bits per heavy atom. The van der Waals surface area contributed by atoms with E-state index in [1.54, 1.807) is 4.68 Å². The Hall–Kier alpha value is -3.09. The van der Waals surface area contributed by atoms with E-state index >= 15 is 0 Å². The summed E-state index contributed by atoms with van der Waals surface area (Å²) in [7, 11) is 1.81. The van der Waals surface area contributed by atoms with Crippen LogP contribution in [0.15, 0.2) is 30.5 Å². The molecule has 3 heterocycles. The topological polar surface area (TPSA) is 80.5 Å². The lowest BCUT2D eigenvalue weighted by atomic mass is 10.0. The number of pyridine rings is 1. The van der Waals surface area contributed by atoms with Gasteiger partial charge >= 0.3 is 5.97 Å². The third-order valence-electron chi connectivity index (χ3n) is 4.69. The van der Waals surface area contributed by atoms with Crippen molar-refractivity contribution in [3.8, 4) is 5.75 Å². The van der Waals surface area contributed by atoms with E-state index in [2.05, 4.69) is 10.1 Å². The standard InChI is InChI=1S/C19H20N4O3/c1-11-5-4-6-13(7-11)26-14-9-23(10-14)17-15(19(24)25)8-20-18-16(17)12(2)21-22(18)3/h4-8,14H,9-10H2,1-3H3,(H,24,25). The second kappa shape index (κ2) is 6.01. The van der Waals surface area contributed by atoms with Crippen molar-refractivity contribution in [3.05, 3.63) is 47.3 Å². The zero-order chi connectivity index (χ0) is 18.4. The van der Waals surface area contributed by atoms with Crippen LogP contribution in [0, 0.1) is 13.8 Å². The Labute approximate surface area is 150 Å². The molecule has 0 saturated carbocycles. The van der Waals surface area contributed by atoms with Crippen LogP contribution in [0.2, 0.25) is 0 Å². The molecule has 0 bridgehead atoms. The first-order chi connectivity index (χ1) is 12.4. The van der Waals surface area contributed by atoms with Gasteiger partial charge in [0.05, 0.1) is 29.9 Å². The van der Waals surface area contributed by atoms with Crippen molar-refractivity contribution in [2.45, 2.75) is 20.0 Å². The van der Waals surface area contributed by atoms with Gasteiger partial charge in [0, 0.05) is 13.2 Å². The molecular weight excluding hydrogens is 332 g/mol. The molecule has 0 aliphatic carbocycles. The third-order valence-corrected chi connectivity index (χ3v) is 4.69. The van der Waals surface area contributed by atoms with Crippen molar-refractivity contribution in [2.24, 2.45) is 7.05 Å². The van der Waals surface area contributed by atoms with Gasteiger partial charge in [0.2, 0.25) is 0 Å². The van der Waals surface area contributed by atoms with Crippen molar-refractivity contribution in [2.75, 3.05) is 18.0 Å². The molecular formula is C19H20N4O3. The number of aromatic nitrogens is 3. The molecule has 1 saturated heterocycles. The zero-order valence-electron chi connectivity index (χ0n) is 14.9. The molecule has 0 atom stereocenters. The predicted octanol–water partition coefficient (Wildman–Crippen LogP) is 2.55. The summed E-state index contributed by atoms with van der Waals surface area (Å²) < 4.78 is 7.69. The minimum atomic E-state index is -0.985. The van der Waals surface area contributed by atoms with E-state index in [4.69, 9.17) is 4.74 Å². The van der Waals surface area contributed by atoms with Crippen molar-refractivity contribution in [3.63, 3.8) is 0 Å². The van der Waals surface area contributed by atoms with Crippen LogP contribution in [0.25, 0.3) is 11.0 Å². The lowest BCUT2D eigenvalue weighted by Crippen LogP contribution is -2.54. The fraction of sp³-hybridized carbons (Fsp3) is 0.316. The van der Waals surface area contributed by atoms with Crippen LogP contribution in [0.3, 0.4) is 0 Å². The molecule has 1 aromatic carbocycles. The maximum atomic E-state index is 11.7. The van der Waals surface area contributed by atoms with E-state index in [1.807, 2.05) is 50.1 Å². The number of carboxylic acids is 1. The second-order valence-corrected chi connectivity index (χ2v) is 6.69. The number of aryl methyl sites for hydroxylation is 3. The molecule has 1 N–H and O–H groups in total. The van der Waals surface area contributed by atoms with Crippen molar-refractivity contribution >= 4 is 22.7 Å². The maximum Gasteiger partial charge on any atom is 0.339 e. The summed E-state index contributed by atoms with van der Waals surface area (Å²) in [5.41, 5.74) is 3.48. The predicted molar refractivity (Wildman–Crippen MR) is 98.0 cm³/mol.